The maximum Gasteiger partial charge on any atom is 0.261 e. The van der Waals surface area contributed by atoms with E-state index in [-0.39, 0.29) is 15.1 Å². The molecule has 0 saturated carbocycles. The Morgan fingerprint density at radius 1 is 1.05 bits per heavy atom. The Hall–Kier alpha value is -0.630. The van der Waals surface area contributed by atoms with Crippen molar-refractivity contribution in [3.63, 3.8) is 0 Å². The Bertz CT molecular complexity index is 768. The minimum atomic E-state index is -3.80. The fraction of sp³-hybridized carbons (Fsp3) is 0. The normalized spacial score (nSPS) is 11.4. The third kappa shape index (κ3) is 3.52. The summed E-state index contributed by atoms with van der Waals surface area (Å²) in [6.45, 7) is 0. The van der Waals surface area contributed by atoms with Crippen LogP contribution in [0.3, 0.4) is 0 Å². The van der Waals surface area contributed by atoms with Crippen molar-refractivity contribution < 1.29 is 12.8 Å². The molecule has 0 bridgehead atoms. The Kier molecular flexibility index (Phi) is 4.73. The molecule has 8 heteroatoms. The number of hydrogen-bond acceptors (Lipinski definition) is 2. The van der Waals surface area contributed by atoms with E-state index in [0.717, 1.165) is 6.07 Å². The van der Waals surface area contributed by atoms with Crippen molar-refractivity contribution in [1.82, 2.24) is 0 Å². The zero-order valence-corrected chi connectivity index (χ0v) is 14.4. The lowest BCUT2D eigenvalue weighted by Crippen LogP contribution is -2.13. The molecule has 2 aromatic rings. The van der Waals surface area contributed by atoms with Crippen LogP contribution in [0.4, 0.5) is 10.1 Å². The van der Waals surface area contributed by atoms with Crippen molar-refractivity contribution in [3.05, 3.63) is 56.2 Å². The minimum absolute atomic E-state index is 0.0251. The molecule has 0 atom stereocenters. The molecule has 2 rings (SSSR count). The number of benzene rings is 2. The number of sulfonamides is 1. The third-order valence-corrected chi connectivity index (χ3v) is 5.61. The Balaban J connectivity index is 2.35. The zero-order chi connectivity index (χ0) is 14.9. The third-order valence-electron chi connectivity index (χ3n) is 2.37. The first-order chi connectivity index (χ1) is 9.29. The highest BCUT2D eigenvalue weighted by Gasteiger charge is 2.16. The summed E-state index contributed by atoms with van der Waals surface area (Å²) >= 11 is 12.0. The van der Waals surface area contributed by atoms with Crippen LogP contribution < -0.4 is 4.72 Å². The summed E-state index contributed by atoms with van der Waals surface area (Å²) < 4.78 is 40.7. The van der Waals surface area contributed by atoms with E-state index in [0.29, 0.717) is 9.50 Å². The van der Waals surface area contributed by atoms with Gasteiger partial charge in [0, 0.05) is 4.47 Å². The summed E-state index contributed by atoms with van der Waals surface area (Å²) in [6, 6.07) is 8.17. The summed E-state index contributed by atoms with van der Waals surface area (Å²) in [5, 5.41) is 0.402. The van der Waals surface area contributed by atoms with Crippen LogP contribution in [-0.4, -0.2) is 8.42 Å². The van der Waals surface area contributed by atoms with E-state index in [2.05, 4.69) is 36.6 Å². The fourth-order valence-corrected chi connectivity index (χ4v) is 3.39. The molecule has 0 aliphatic carbocycles. The van der Waals surface area contributed by atoms with Gasteiger partial charge in [-0.05, 0) is 68.3 Å². The van der Waals surface area contributed by atoms with Gasteiger partial charge in [-0.1, -0.05) is 11.6 Å². The van der Waals surface area contributed by atoms with Crippen molar-refractivity contribution >= 4 is 59.2 Å². The van der Waals surface area contributed by atoms with Crippen molar-refractivity contribution in [2.75, 3.05) is 4.72 Å². The molecule has 2 aromatic carbocycles. The van der Waals surface area contributed by atoms with Crippen molar-refractivity contribution in [2.45, 2.75) is 4.90 Å². The van der Waals surface area contributed by atoms with E-state index in [1.165, 1.54) is 30.3 Å². The molecule has 0 saturated heterocycles. The molecule has 0 aromatic heterocycles. The van der Waals surface area contributed by atoms with Crippen LogP contribution in [0.25, 0.3) is 0 Å². The minimum Gasteiger partial charge on any atom is -0.280 e. The summed E-state index contributed by atoms with van der Waals surface area (Å²) in [7, 11) is -3.80. The molecular formula is C12H7Br2ClFNO2S. The van der Waals surface area contributed by atoms with Crippen LogP contribution in [0.15, 0.2) is 50.2 Å². The Morgan fingerprint density at radius 2 is 1.75 bits per heavy atom. The van der Waals surface area contributed by atoms with Gasteiger partial charge in [0.25, 0.3) is 10.0 Å². The van der Waals surface area contributed by atoms with E-state index in [1.807, 2.05) is 0 Å². The number of rotatable bonds is 3. The fourth-order valence-electron chi connectivity index (χ4n) is 1.42. The van der Waals surface area contributed by atoms with Crippen LogP contribution >= 0.6 is 43.5 Å². The second-order valence-corrected chi connectivity index (χ2v) is 7.61. The van der Waals surface area contributed by atoms with Crippen LogP contribution in [0.1, 0.15) is 0 Å². The molecule has 20 heavy (non-hydrogen) atoms. The second kappa shape index (κ2) is 6.01. The van der Waals surface area contributed by atoms with E-state index in [9.17, 15) is 12.8 Å². The average Bonchev–Trinajstić information content (AvgIpc) is 2.37. The topological polar surface area (TPSA) is 46.2 Å². The van der Waals surface area contributed by atoms with Crippen LogP contribution in [0.2, 0.25) is 5.02 Å². The molecule has 0 aliphatic heterocycles. The van der Waals surface area contributed by atoms with E-state index >= 15 is 0 Å². The lowest BCUT2D eigenvalue weighted by Gasteiger charge is -2.09. The van der Waals surface area contributed by atoms with Gasteiger partial charge in [-0.25, -0.2) is 12.8 Å². The molecule has 0 heterocycles. The van der Waals surface area contributed by atoms with E-state index in [1.54, 1.807) is 0 Å². The second-order valence-electron chi connectivity index (χ2n) is 3.81. The first-order valence-corrected chi connectivity index (χ1v) is 8.67. The van der Waals surface area contributed by atoms with Crippen LogP contribution in [0.5, 0.6) is 0 Å². The average molecular weight is 444 g/mol. The van der Waals surface area contributed by atoms with Crippen molar-refractivity contribution in [1.29, 1.82) is 0 Å². The van der Waals surface area contributed by atoms with Gasteiger partial charge in [-0.2, -0.15) is 0 Å². The number of hydrogen-bond donors (Lipinski definition) is 1. The standard InChI is InChI=1S/C12H7Br2ClFNO2S/c13-9-3-1-7(5-12(9)16)17-20(18,19)8-2-4-11(15)10(14)6-8/h1-6,17H. The summed E-state index contributed by atoms with van der Waals surface area (Å²) in [5.74, 6) is -0.553. The maximum atomic E-state index is 13.4. The van der Waals surface area contributed by atoms with Crippen LogP contribution in [0, 0.1) is 5.82 Å². The molecule has 0 fully saturated rings. The molecular weight excluding hydrogens is 436 g/mol. The SMILES string of the molecule is O=S(=O)(Nc1ccc(Br)c(F)c1)c1ccc(Cl)c(Br)c1. The van der Waals surface area contributed by atoms with Gasteiger partial charge in [0.2, 0.25) is 0 Å². The Labute approximate surface area is 137 Å². The molecule has 106 valence electrons. The number of nitrogens with one attached hydrogen (secondary N) is 1. The predicted octanol–water partition coefficient (Wildman–Crippen LogP) is 4.80. The van der Waals surface area contributed by atoms with Gasteiger partial charge in [0.1, 0.15) is 5.82 Å². The number of halogens is 4. The van der Waals surface area contributed by atoms with Crippen molar-refractivity contribution in [3.8, 4) is 0 Å². The van der Waals surface area contributed by atoms with Crippen LogP contribution in [-0.2, 0) is 10.0 Å². The Morgan fingerprint density at radius 3 is 2.35 bits per heavy atom. The monoisotopic (exact) mass is 441 g/mol. The van der Waals surface area contributed by atoms with Gasteiger partial charge in [0.15, 0.2) is 0 Å². The largest absolute Gasteiger partial charge is 0.280 e. The molecule has 1 N–H and O–H groups in total. The molecule has 0 radical (unpaired) electrons. The predicted molar refractivity (Wildman–Crippen MR) is 84.1 cm³/mol. The highest BCUT2D eigenvalue weighted by molar-refractivity contribution is 9.10. The molecule has 3 nitrogen and oxygen atoms in total. The van der Waals surface area contributed by atoms with Gasteiger partial charge in [-0.15, -0.1) is 0 Å². The molecule has 0 amide bonds. The van der Waals surface area contributed by atoms with Gasteiger partial charge in [-0.3, -0.25) is 4.72 Å². The number of anilines is 1. The van der Waals surface area contributed by atoms with Gasteiger partial charge in [0.05, 0.1) is 20.1 Å². The maximum absolute atomic E-state index is 13.4. The smallest absolute Gasteiger partial charge is 0.261 e. The highest BCUT2D eigenvalue weighted by atomic mass is 79.9. The van der Waals surface area contributed by atoms with E-state index < -0.39 is 15.8 Å². The van der Waals surface area contributed by atoms with Crippen molar-refractivity contribution in [2.24, 2.45) is 0 Å². The first kappa shape index (κ1) is 15.8. The molecule has 0 spiro atoms. The molecule has 0 unspecified atom stereocenters. The van der Waals surface area contributed by atoms with E-state index in [4.69, 9.17) is 11.6 Å². The quantitative estimate of drug-likeness (QED) is 0.741. The molecule has 0 aliphatic rings. The summed E-state index contributed by atoms with van der Waals surface area (Å²) in [5.41, 5.74) is 0.136. The highest BCUT2D eigenvalue weighted by Crippen LogP contribution is 2.27. The summed E-state index contributed by atoms with van der Waals surface area (Å²) in [4.78, 5) is 0.0251. The first-order valence-electron chi connectivity index (χ1n) is 5.22. The lowest BCUT2D eigenvalue weighted by atomic mass is 10.3. The zero-order valence-electron chi connectivity index (χ0n) is 9.70. The van der Waals surface area contributed by atoms with Gasteiger partial charge >= 0.3 is 0 Å². The summed E-state index contributed by atoms with van der Waals surface area (Å²) in [6.07, 6.45) is 0. The van der Waals surface area contributed by atoms with Gasteiger partial charge < -0.3 is 0 Å². The lowest BCUT2D eigenvalue weighted by molar-refractivity contribution is 0.601.